The molecule has 0 fully saturated rings. The van der Waals surface area contributed by atoms with Crippen molar-refractivity contribution in [3.05, 3.63) is 0 Å². The maximum Gasteiger partial charge on any atom is 0.217 e. The van der Waals surface area contributed by atoms with Crippen LogP contribution < -0.4 is 10.5 Å². The Morgan fingerprint density at radius 1 is 1.00 bits per heavy atom. The van der Waals surface area contributed by atoms with Gasteiger partial charge in [0, 0.05) is 11.1 Å². The molecule has 0 heterocycles. The van der Waals surface area contributed by atoms with Gasteiger partial charge < -0.3 is 5.73 Å². The zero-order chi connectivity index (χ0) is 13.4. The predicted octanol–water partition coefficient (Wildman–Crippen LogP) is 1.61. The zero-order valence-electron chi connectivity index (χ0n) is 11.5. The fourth-order valence-electron chi connectivity index (χ4n) is 1.73. The molecule has 0 spiro atoms. The lowest BCUT2D eigenvalue weighted by atomic mass is 9.93. The molecule has 0 rings (SSSR count). The number of nitrogens with one attached hydrogen (secondary N) is 1. The standard InChI is InChI=1S/C11H26N2O2S/c1-9(2,3)13-16(14,15)11(6,7)8-10(4,5)12/h13H,8,12H2,1-7H3. The van der Waals surface area contributed by atoms with Crippen molar-refractivity contribution in [2.24, 2.45) is 5.73 Å². The maximum absolute atomic E-state index is 12.2. The minimum absolute atomic E-state index is 0.408. The Hall–Kier alpha value is -0.130. The van der Waals surface area contributed by atoms with Gasteiger partial charge in [0.2, 0.25) is 10.0 Å². The van der Waals surface area contributed by atoms with E-state index >= 15 is 0 Å². The molecule has 0 aromatic carbocycles. The molecule has 0 atom stereocenters. The van der Waals surface area contributed by atoms with Gasteiger partial charge in [0.25, 0.3) is 0 Å². The van der Waals surface area contributed by atoms with Crippen LogP contribution >= 0.6 is 0 Å². The summed E-state index contributed by atoms with van der Waals surface area (Å²) in [7, 11) is -3.38. The molecule has 4 nitrogen and oxygen atoms in total. The summed E-state index contributed by atoms with van der Waals surface area (Å²) in [6.45, 7) is 12.6. The molecule has 0 aliphatic rings. The number of hydrogen-bond donors (Lipinski definition) is 2. The van der Waals surface area contributed by atoms with Gasteiger partial charge in [-0.3, -0.25) is 0 Å². The van der Waals surface area contributed by atoms with Crippen LogP contribution in [0.25, 0.3) is 0 Å². The first kappa shape index (κ1) is 15.9. The number of nitrogens with two attached hydrogens (primary N) is 1. The highest BCUT2D eigenvalue weighted by atomic mass is 32.2. The van der Waals surface area contributed by atoms with Gasteiger partial charge in [0.05, 0.1) is 4.75 Å². The summed E-state index contributed by atoms with van der Waals surface area (Å²) in [5.41, 5.74) is 4.92. The molecule has 0 amide bonds. The van der Waals surface area contributed by atoms with E-state index in [1.807, 2.05) is 34.6 Å². The fraction of sp³-hybridized carbons (Fsp3) is 1.00. The lowest BCUT2D eigenvalue weighted by molar-refractivity contribution is 0.392. The molecule has 98 valence electrons. The van der Waals surface area contributed by atoms with E-state index in [1.165, 1.54) is 0 Å². The van der Waals surface area contributed by atoms with Crippen molar-refractivity contribution in [3.63, 3.8) is 0 Å². The number of hydrogen-bond acceptors (Lipinski definition) is 3. The minimum atomic E-state index is -3.38. The van der Waals surface area contributed by atoms with E-state index < -0.39 is 25.8 Å². The Bertz CT molecular complexity index is 332. The van der Waals surface area contributed by atoms with Crippen LogP contribution in [0.3, 0.4) is 0 Å². The van der Waals surface area contributed by atoms with Crippen molar-refractivity contribution in [1.82, 2.24) is 4.72 Å². The summed E-state index contributed by atoms with van der Waals surface area (Å²) in [6.07, 6.45) is 0.408. The van der Waals surface area contributed by atoms with Gasteiger partial charge in [-0.1, -0.05) is 0 Å². The van der Waals surface area contributed by atoms with E-state index in [2.05, 4.69) is 4.72 Å². The lowest BCUT2D eigenvalue weighted by Crippen LogP contribution is -2.53. The largest absolute Gasteiger partial charge is 0.326 e. The van der Waals surface area contributed by atoms with Crippen LogP contribution in [0.15, 0.2) is 0 Å². The average molecular weight is 250 g/mol. The van der Waals surface area contributed by atoms with Crippen LogP contribution in [-0.2, 0) is 10.0 Å². The third-order valence-corrected chi connectivity index (χ3v) is 4.53. The molecule has 0 saturated carbocycles. The molecule has 0 aliphatic carbocycles. The Morgan fingerprint density at radius 2 is 1.38 bits per heavy atom. The van der Waals surface area contributed by atoms with Crippen LogP contribution in [0.4, 0.5) is 0 Å². The van der Waals surface area contributed by atoms with Gasteiger partial charge in [0.15, 0.2) is 0 Å². The molecular formula is C11H26N2O2S. The Balaban J connectivity index is 5.02. The molecule has 16 heavy (non-hydrogen) atoms. The van der Waals surface area contributed by atoms with Gasteiger partial charge in [-0.2, -0.15) is 0 Å². The predicted molar refractivity (Wildman–Crippen MR) is 68.8 cm³/mol. The highest BCUT2D eigenvalue weighted by Crippen LogP contribution is 2.26. The second kappa shape index (κ2) is 4.27. The smallest absolute Gasteiger partial charge is 0.217 e. The zero-order valence-corrected chi connectivity index (χ0v) is 12.3. The lowest BCUT2D eigenvalue weighted by Gasteiger charge is -2.34. The van der Waals surface area contributed by atoms with E-state index in [-0.39, 0.29) is 0 Å². The normalized spacial score (nSPS) is 15.2. The fourth-order valence-corrected chi connectivity index (χ4v) is 3.38. The van der Waals surface area contributed by atoms with E-state index in [1.54, 1.807) is 13.8 Å². The summed E-state index contributed by atoms with van der Waals surface area (Å²) in [6, 6.07) is 0. The third kappa shape index (κ3) is 5.27. The second-order valence-electron chi connectivity index (χ2n) is 6.78. The molecule has 0 bridgehead atoms. The second-order valence-corrected chi connectivity index (χ2v) is 9.10. The summed E-state index contributed by atoms with van der Waals surface area (Å²) < 4.78 is 26.2. The van der Waals surface area contributed by atoms with Crippen LogP contribution in [0, 0.1) is 0 Å². The summed E-state index contributed by atoms with van der Waals surface area (Å²) in [4.78, 5) is 0. The number of sulfonamides is 1. The molecular weight excluding hydrogens is 224 g/mol. The first-order valence-corrected chi connectivity index (χ1v) is 6.97. The molecule has 3 N–H and O–H groups in total. The SMILES string of the molecule is CC(C)(N)CC(C)(C)S(=O)(=O)NC(C)(C)C. The van der Waals surface area contributed by atoms with Crippen LogP contribution in [0.2, 0.25) is 0 Å². The van der Waals surface area contributed by atoms with E-state index in [0.717, 1.165) is 0 Å². The van der Waals surface area contributed by atoms with Gasteiger partial charge in [-0.25, -0.2) is 13.1 Å². The van der Waals surface area contributed by atoms with Gasteiger partial charge in [-0.15, -0.1) is 0 Å². The van der Waals surface area contributed by atoms with Crippen molar-refractivity contribution in [2.75, 3.05) is 0 Å². The van der Waals surface area contributed by atoms with Crippen LogP contribution in [-0.4, -0.2) is 24.2 Å². The first-order chi connectivity index (χ1) is 6.66. The molecule has 0 aromatic rings. The molecule has 0 saturated heterocycles. The van der Waals surface area contributed by atoms with E-state index in [0.29, 0.717) is 6.42 Å². The Morgan fingerprint density at radius 3 is 1.62 bits per heavy atom. The highest BCUT2D eigenvalue weighted by molar-refractivity contribution is 7.90. The van der Waals surface area contributed by atoms with Crippen molar-refractivity contribution in [3.8, 4) is 0 Å². The van der Waals surface area contributed by atoms with Gasteiger partial charge in [-0.05, 0) is 54.9 Å². The average Bonchev–Trinajstić information content (AvgIpc) is 1.72. The van der Waals surface area contributed by atoms with E-state index in [9.17, 15) is 8.42 Å². The summed E-state index contributed by atoms with van der Waals surface area (Å²) in [5, 5.41) is 0. The molecule has 5 heteroatoms. The number of rotatable bonds is 4. The molecule has 0 aliphatic heterocycles. The highest BCUT2D eigenvalue weighted by Gasteiger charge is 2.39. The summed E-state index contributed by atoms with van der Waals surface area (Å²) in [5.74, 6) is 0. The quantitative estimate of drug-likeness (QED) is 0.796. The Labute approximate surface area is 100 Å². The Kier molecular flexibility index (Phi) is 4.24. The van der Waals surface area contributed by atoms with Crippen LogP contribution in [0.5, 0.6) is 0 Å². The minimum Gasteiger partial charge on any atom is -0.326 e. The topological polar surface area (TPSA) is 72.2 Å². The van der Waals surface area contributed by atoms with Crippen LogP contribution in [0.1, 0.15) is 54.9 Å². The van der Waals surface area contributed by atoms with Crippen molar-refractivity contribution in [2.45, 2.75) is 70.7 Å². The van der Waals surface area contributed by atoms with Crippen molar-refractivity contribution in [1.29, 1.82) is 0 Å². The van der Waals surface area contributed by atoms with E-state index in [4.69, 9.17) is 5.73 Å². The monoisotopic (exact) mass is 250 g/mol. The van der Waals surface area contributed by atoms with Crippen molar-refractivity contribution < 1.29 is 8.42 Å². The molecule has 0 unspecified atom stereocenters. The van der Waals surface area contributed by atoms with Gasteiger partial charge >= 0.3 is 0 Å². The van der Waals surface area contributed by atoms with Gasteiger partial charge in [0.1, 0.15) is 0 Å². The third-order valence-electron chi connectivity index (χ3n) is 2.05. The van der Waals surface area contributed by atoms with Crippen molar-refractivity contribution >= 4 is 10.0 Å². The molecule has 0 radical (unpaired) electrons. The summed E-state index contributed by atoms with van der Waals surface area (Å²) >= 11 is 0. The first-order valence-electron chi connectivity index (χ1n) is 5.49. The maximum atomic E-state index is 12.2. The molecule has 0 aromatic heterocycles.